The molecule has 0 saturated carbocycles. The van der Waals surface area contributed by atoms with Gasteiger partial charge in [0.25, 0.3) is 0 Å². The maximum absolute atomic E-state index is 12.1. The summed E-state index contributed by atoms with van der Waals surface area (Å²) in [6, 6.07) is 9.08. The van der Waals surface area contributed by atoms with Gasteiger partial charge in [0.05, 0.1) is 23.4 Å². The summed E-state index contributed by atoms with van der Waals surface area (Å²) in [4.78, 5) is 16.2. The summed E-state index contributed by atoms with van der Waals surface area (Å²) in [7, 11) is 1.59. The molecule has 2 aromatic rings. The highest BCUT2D eigenvalue weighted by Crippen LogP contribution is 2.29. The first-order valence-corrected chi connectivity index (χ1v) is 9.40. The summed E-state index contributed by atoms with van der Waals surface area (Å²) in [6.07, 6.45) is 6.75. The number of aromatic nitrogens is 2. The fraction of sp³-hybridized carbons (Fsp3) is 0.333. The maximum atomic E-state index is 12.1. The number of hydrogen-bond donors (Lipinski definition) is 2. The largest absolute Gasteiger partial charge is 0.493 e. The van der Waals surface area contributed by atoms with Crippen LogP contribution >= 0.6 is 0 Å². The number of benzene rings is 1. The molecule has 29 heavy (non-hydrogen) atoms. The number of allylic oxidation sites excluding steroid dienone is 1. The van der Waals surface area contributed by atoms with E-state index in [0.29, 0.717) is 30.2 Å². The van der Waals surface area contributed by atoms with Gasteiger partial charge in [0, 0.05) is 32.7 Å². The van der Waals surface area contributed by atoms with Crippen LogP contribution in [-0.4, -0.2) is 52.9 Å². The van der Waals surface area contributed by atoms with Gasteiger partial charge in [-0.25, -0.2) is 0 Å². The summed E-state index contributed by atoms with van der Waals surface area (Å²) in [5.74, 6) is 0.277. The van der Waals surface area contributed by atoms with Crippen molar-refractivity contribution < 1.29 is 14.6 Å². The lowest BCUT2D eigenvalue weighted by Crippen LogP contribution is -2.38. The predicted molar refractivity (Wildman–Crippen MR) is 109 cm³/mol. The normalized spacial score (nSPS) is 15.4. The molecule has 1 aromatic heterocycles. The molecule has 2 heterocycles. The van der Waals surface area contributed by atoms with E-state index < -0.39 is 0 Å². The second-order valence-electron chi connectivity index (χ2n) is 6.63. The Bertz CT molecular complexity index is 948. The topological polar surface area (TPSA) is 113 Å². The van der Waals surface area contributed by atoms with Crippen LogP contribution in [0.4, 0.5) is 0 Å². The number of nitrogens with one attached hydrogen (secondary N) is 1. The van der Waals surface area contributed by atoms with Crippen LogP contribution in [-0.2, 0) is 9.53 Å². The molecule has 1 amide bonds. The first-order valence-electron chi connectivity index (χ1n) is 9.40. The Kier molecular flexibility index (Phi) is 6.76. The number of aromatic hydroxyl groups is 1. The molecule has 0 radical (unpaired) electrons. The summed E-state index contributed by atoms with van der Waals surface area (Å²) < 4.78 is 6.59. The standard InChI is InChI=1S/C21H23N5O3/c1-23-19(3-2-4-20(27)25-17-9-11-29-12-10-17)26-21(28)18(14-24-26)16-7-5-15(13-22)6-8-16/h2-3,5-8,14,17,28H,4,9-12H2,1H3,(H,25,27)/b3-2-,23-19+. The number of amides is 1. The van der Waals surface area contributed by atoms with E-state index in [-0.39, 0.29) is 24.2 Å². The molecule has 2 N–H and O–H groups in total. The third kappa shape index (κ3) is 5.09. The second kappa shape index (κ2) is 9.66. The van der Waals surface area contributed by atoms with Crippen LogP contribution in [0.5, 0.6) is 5.88 Å². The van der Waals surface area contributed by atoms with Gasteiger partial charge in [-0.15, -0.1) is 0 Å². The highest BCUT2D eigenvalue weighted by Gasteiger charge is 2.16. The molecular formula is C21H23N5O3. The molecule has 1 aliphatic rings. The fourth-order valence-electron chi connectivity index (χ4n) is 3.08. The van der Waals surface area contributed by atoms with Crippen LogP contribution in [0, 0.1) is 11.3 Å². The third-order valence-corrected chi connectivity index (χ3v) is 4.67. The van der Waals surface area contributed by atoms with Crippen molar-refractivity contribution in [3.8, 4) is 23.1 Å². The Morgan fingerprint density at radius 3 is 2.79 bits per heavy atom. The molecule has 8 heteroatoms. The second-order valence-corrected chi connectivity index (χ2v) is 6.63. The van der Waals surface area contributed by atoms with Crippen molar-refractivity contribution in [1.82, 2.24) is 15.1 Å². The summed E-state index contributed by atoms with van der Waals surface area (Å²) in [6.45, 7) is 1.35. The van der Waals surface area contributed by atoms with Crippen molar-refractivity contribution in [1.29, 1.82) is 5.26 Å². The van der Waals surface area contributed by atoms with Crippen molar-refractivity contribution in [2.75, 3.05) is 20.3 Å². The first-order chi connectivity index (χ1) is 14.1. The monoisotopic (exact) mass is 393 g/mol. The summed E-state index contributed by atoms with van der Waals surface area (Å²) in [5.41, 5.74) is 1.81. The van der Waals surface area contributed by atoms with E-state index in [9.17, 15) is 9.90 Å². The van der Waals surface area contributed by atoms with Crippen LogP contribution in [0.25, 0.3) is 11.1 Å². The van der Waals surface area contributed by atoms with E-state index in [1.54, 1.807) is 43.5 Å². The van der Waals surface area contributed by atoms with Crippen LogP contribution < -0.4 is 5.32 Å². The molecule has 0 spiro atoms. The number of nitrogens with zero attached hydrogens (tertiary/aromatic N) is 4. The van der Waals surface area contributed by atoms with E-state index >= 15 is 0 Å². The highest BCUT2D eigenvalue weighted by atomic mass is 16.5. The Labute approximate surface area is 169 Å². The molecule has 3 rings (SSSR count). The molecule has 1 aliphatic heterocycles. The molecule has 150 valence electrons. The molecule has 1 fully saturated rings. The summed E-state index contributed by atoms with van der Waals surface area (Å²) in [5, 5.41) is 26.7. The summed E-state index contributed by atoms with van der Waals surface area (Å²) >= 11 is 0. The zero-order chi connectivity index (χ0) is 20.6. The van der Waals surface area contributed by atoms with Crippen molar-refractivity contribution in [3.05, 3.63) is 48.2 Å². The molecule has 0 unspecified atom stereocenters. The molecule has 1 saturated heterocycles. The molecular weight excluding hydrogens is 370 g/mol. The van der Waals surface area contributed by atoms with E-state index in [1.165, 1.54) is 10.9 Å². The van der Waals surface area contributed by atoms with Gasteiger partial charge in [-0.05, 0) is 36.6 Å². The molecule has 0 aliphatic carbocycles. The van der Waals surface area contributed by atoms with Crippen molar-refractivity contribution in [3.63, 3.8) is 0 Å². The zero-order valence-corrected chi connectivity index (χ0v) is 16.2. The van der Waals surface area contributed by atoms with Crippen LogP contribution in [0.15, 0.2) is 47.6 Å². The van der Waals surface area contributed by atoms with Crippen LogP contribution in [0.1, 0.15) is 24.8 Å². The number of ether oxygens (including phenoxy) is 1. The Balaban J connectivity index is 1.65. The average Bonchev–Trinajstić information content (AvgIpc) is 3.13. The minimum absolute atomic E-state index is 0.0633. The van der Waals surface area contributed by atoms with Gasteiger partial charge in [-0.3, -0.25) is 9.79 Å². The van der Waals surface area contributed by atoms with Gasteiger partial charge in [0.1, 0.15) is 0 Å². The maximum Gasteiger partial charge on any atom is 0.224 e. The zero-order valence-electron chi connectivity index (χ0n) is 16.2. The SMILES string of the molecule is C/N=C(\C=C/CC(=O)NC1CCOCC1)n1ncc(-c2ccc(C#N)cc2)c1O. The molecule has 0 bridgehead atoms. The van der Waals surface area contributed by atoms with Gasteiger partial charge < -0.3 is 15.2 Å². The first kappa shape index (κ1) is 20.3. The number of carbonyl (C=O) groups excluding carboxylic acids is 1. The van der Waals surface area contributed by atoms with E-state index in [0.717, 1.165) is 18.4 Å². The molecule has 8 nitrogen and oxygen atoms in total. The predicted octanol–water partition coefficient (Wildman–Crippen LogP) is 2.25. The molecule has 0 atom stereocenters. The Morgan fingerprint density at radius 1 is 1.41 bits per heavy atom. The van der Waals surface area contributed by atoms with Gasteiger partial charge in [0.15, 0.2) is 5.84 Å². The number of nitriles is 1. The smallest absolute Gasteiger partial charge is 0.224 e. The minimum atomic E-state index is -0.0634. The van der Waals surface area contributed by atoms with Gasteiger partial charge in [0.2, 0.25) is 11.8 Å². The lowest BCUT2D eigenvalue weighted by Gasteiger charge is -2.22. The number of rotatable bonds is 5. The van der Waals surface area contributed by atoms with Gasteiger partial charge in [-0.1, -0.05) is 18.2 Å². The Morgan fingerprint density at radius 2 is 2.14 bits per heavy atom. The number of carbonyl (C=O) groups is 1. The van der Waals surface area contributed by atoms with E-state index in [4.69, 9.17) is 10.00 Å². The van der Waals surface area contributed by atoms with E-state index in [1.807, 2.05) is 0 Å². The lowest BCUT2D eigenvalue weighted by atomic mass is 10.1. The lowest BCUT2D eigenvalue weighted by molar-refractivity contribution is -0.121. The quantitative estimate of drug-likeness (QED) is 0.598. The number of aliphatic imine (C=N–C) groups is 1. The van der Waals surface area contributed by atoms with Crippen LogP contribution in [0.2, 0.25) is 0 Å². The fourth-order valence-corrected chi connectivity index (χ4v) is 3.08. The van der Waals surface area contributed by atoms with Crippen molar-refractivity contribution in [2.24, 2.45) is 4.99 Å². The number of hydrogen-bond acceptors (Lipinski definition) is 6. The average molecular weight is 393 g/mol. The van der Waals surface area contributed by atoms with Gasteiger partial charge in [-0.2, -0.15) is 15.0 Å². The molecule has 1 aromatic carbocycles. The third-order valence-electron chi connectivity index (χ3n) is 4.67. The highest BCUT2D eigenvalue weighted by molar-refractivity contribution is 5.96. The van der Waals surface area contributed by atoms with Crippen molar-refractivity contribution in [2.45, 2.75) is 25.3 Å². The van der Waals surface area contributed by atoms with Crippen molar-refractivity contribution >= 4 is 11.7 Å². The van der Waals surface area contributed by atoms with Gasteiger partial charge >= 0.3 is 0 Å². The van der Waals surface area contributed by atoms with Crippen LogP contribution in [0.3, 0.4) is 0 Å². The van der Waals surface area contributed by atoms with E-state index in [2.05, 4.69) is 21.5 Å². The minimum Gasteiger partial charge on any atom is -0.493 e. The Hall–Kier alpha value is -3.44.